The van der Waals surface area contributed by atoms with Crippen LogP contribution in [0, 0.1) is 6.92 Å². The zero-order chi connectivity index (χ0) is 14.4. The van der Waals surface area contributed by atoms with Gasteiger partial charge in [0.2, 0.25) is 5.95 Å². The number of morpholine rings is 1. The summed E-state index contributed by atoms with van der Waals surface area (Å²) in [6.45, 7) is 12.4. The van der Waals surface area contributed by atoms with Gasteiger partial charge in [0.05, 0.1) is 18.9 Å². The van der Waals surface area contributed by atoms with Crippen LogP contribution in [0.15, 0.2) is 6.20 Å². The Kier molecular flexibility index (Phi) is 5.86. The lowest BCUT2D eigenvalue weighted by Gasteiger charge is -2.30. The van der Waals surface area contributed by atoms with E-state index in [4.69, 9.17) is 4.74 Å². The third-order valence-corrected chi connectivity index (χ3v) is 3.77. The Bertz CT molecular complexity index is 399. The Hall–Kier alpha value is -1.07. The van der Waals surface area contributed by atoms with Gasteiger partial charge in [-0.25, -0.2) is 4.98 Å². The van der Waals surface area contributed by atoms with Crippen LogP contribution in [0.5, 0.6) is 0 Å². The monoisotopic (exact) mass is 280 g/mol. The van der Waals surface area contributed by atoms with E-state index in [-0.39, 0.29) is 0 Å². The van der Waals surface area contributed by atoms with Crippen LogP contribution >= 0.6 is 0 Å². The molecule has 0 bridgehead atoms. The standard InChI is InChI=1S/C15H28N4O/c1-4-5-6-16-15-17-13(2)11-19(15)14(3)12-18-7-9-20-10-8-18/h11,14H,4-10,12H2,1-3H3,(H,16,17). The third kappa shape index (κ3) is 4.21. The highest BCUT2D eigenvalue weighted by Gasteiger charge is 2.17. The smallest absolute Gasteiger partial charge is 0.203 e. The fraction of sp³-hybridized carbons (Fsp3) is 0.800. The predicted molar refractivity (Wildman–Crippen MR) is 82.3 cm³/mol. The molecule has 0 radical (unpaired) electrons. The van der Waals surface area contributed by atoms with Crippen LogP contribution in [0.3, 0.4) is 0 Å². The Morgan fingerprint density at radius 2 is 2.15 bits per heavy atom. The van der Waals surface area contributed by atoms with Crippen molar-refractivity contribution in [3.05, 3.63) is 11.9 Å². The zero-order valence-electron chi connectivity index (χ0n) is 13.1. The first-order valence-corrected chi connectivity index (χ1v) is 7.80. The maximum absolute atomic E-state index is 5.41. The van der Waals surface area contributed by atoms with E-state index in [1.165, 1.54) is 12.8 Å². The van der Waals surface area contributed by atoms with Crippen LogP contribution in [-0.4, -0.2) is 53.8 Å². The van der Waals surface area contributed by atoms with E-state index >= 15 is 0 Å². The lowest BCUT2D eigenvalue weighted by molar-refractivity contribution is 0.0326. The van der Waals surface area contributed by atoms with Gasteiger partial charge in [-0.05, 0) is 20.3 Å². The summed E-state index contributed by atoms with van der Waals surface area (Å²) in [7, 11) is 0. The number of nitrogens with one attached hydrogen (secondary N) is 1. The molecule has 114 valence electrons. The second-order valence-electron chi connectivity index (χ2n) is 5.66. The minimum atomic E-state index is 0.429. The van der Waals surface area contributed by atoms with Gasteiger partial charge in [-0.3, -0.25) is 4.90 Å². The maximum Gasteiger partial charge on any atom is 0.203 e. The van der Waals surface area contributed by atoms with Crippen molar-refractivity contribution in [3.8, 4) is 0 Å². The Balaban J connectivity index is 1.94. The van der Waals surface area contributed by atoms with Gasteiger partial charge in [0.25, 0.3) is 0 Å². The average Bonchev–Trinajstić information content (AvgIpc) is 2.81. The molecule has 1 unspecified atom stereocenters. The van der Waals surface area contributed by atoms with E-state index in [1.54, 1.807) is 0 Å². The van der Waals surface area contributed by atoms with Crippen LogP contribution in [0.4, 0.5) is 5.95 Å². The second-order valence-corrected chi connectivity index (χ2v) is 5.66. The molecule has 1 aliphatic rings. The van der Waals surface area contributed by atoms with Gasteiger partial charge in [0.15, 0.2) is 0 Å². The number of imidazole rings is 1. The molecule has 2 heterocycles. The molecule has 5 heteroatoms. The first-order chi connectivity index (χ1) is 9.70. The normalized spacial score (nSPS) is 18.1. The number of unbranched alkanes of at least 4 members (excludes halogenated alkanes) is 1. The molecule has 0 spiro atoms. The van der Waals surface area contributed by atoms with Gasteiger partial charge in [-0.2, -0.15) is 0 Å². The molecule has 1 saturated heterocycles. The number of anilines is 1. The Morgan fingerprint density at radius 3 is 2.85 bits per heavy atom. The van der Waals surface area contributed by atoms with Crippen molar-refractivity contribution in [2.45, 2.75) is 39.7 Å². The van der Waals surface area contributed by atoms with Crippen molar-refractivity contribution in [2.24, 2.45) is 0 Å². The lowest BCUT2D eigenvalue weighted by Crippen LogP contribution is -2.39. The SMILES string of the molecule is CCCCNc1nc(C)cn1C(C)CN1CCOCC1. The Morgan fingerprint density at radius 1 is 1.40 bits per heavy atom. The van der Waals surface area contributed by atoms with Gasteiger partial charge >= 0.3 is 0 Å². The number of aromatic nitrogens is 2. The molecule has 2 rings (SSSR count). The number of aryl methyl sites for hydroxylation is 1. The first-order valence-electron chi connectivity index (χ1n) is 7.80. The number of ether oxygens (including phenoxy) is 1. The molecular weight excluding hydrogens is 252 g/mol. The highest BCUT2D eigenvalue weighted by molar-refractivity contribution is 5.29. The van der Waals surface area contributed by atoms with Gasteiger partial charge in [-0.15, -0.1) is 0 Å². The van der Waals surface area contributed by atoms with E-state index in [0.29, 0.717) is 6.04 Å². The summed E-state index contributed by atoms with van der Waals surface area (Å²) in [5.74, 6) is 1.01. The molecule has 1 aromatic heterocycles. The maximum atomic E-state index is 5.41. The average molecular weight is 280 g/mol. The summed E-state index contributed by atoms with van der Waals surface area (Å²) in [4.78, 5) is 7.08. The summed E-state index contributed by atoms with van der Waals surface area (Å²) in [5.41, 5.74) is 1.08. The zero-order valence-corrected chi connectivity index (χ0v) is 13.1. The summed E-state index contributed by atoms with van der Waals surface area (Å²) < 4.78 is 7.69. The van der Waals surface area contributed by atoms with Crippen molar-refractivity contribution >= 4 is 5.95 Å². The van der Waals surface area contributed by atoms with Crippen LogP contribution in [0.25, 0.3) is 0 Å². The van der Waals surface area contributed by atoms with E-state index in [0.717, 1.165) is 51.0 Å². The largest absolute Gasteiger partial charge is 0.379 e. The quantitative estimate of drug-likeness (QED) is 0.778. The van der Waals surface area contributed by atoms with Crippen molar-refractivity contribution in [1.29, 1.82) is 0 Å². The van der Waals surface area contributed by atoms with E-state index in [9.17, 15) is 0 Å². The molecule has 1 fully saturated rings. The highest BCUT2D eigenvalue weighted by Crippen LogP contribution is 2.17. The molecule has 0 aromatic carbocycles. The summed E-state index contributed by atoms with van der Waals surface area (Å²) >= 11 is 0. The minimum Gasteiger partial charge on any atom is -0.379 e. The minimum absolute atomic E-state index is 0.429. The molecule has 1 aliphatic heterocycles. The van der Waals surface area contributed by atoms with E-state index in [2.05, 4.69) is 46.7 Å². The lowest BCUT2D eigenvalue weighted by atomic mass is 10.3. The number of nitrogens with zero attached hydrogens (tertiary/aromatic N) is 3. The van der Waals surface area contributed by atoms with Crippen molar-refractivity contribution in [3.63, 3.8) is 0 Å². The number of rotatable bonds is 7. The van der Waals surface area contributed by atoms with Crippen LogP contribution in [0.2, 0.25) is 0 Å². The number of hydrogen-bond acceptors (Lipinski definition) is 4. The van der Waals surface area contributed by atoms with E-state index < -0.39 is 0 Å². The van der Waals surface area contributed by atoms with Gasteiger partial charge in [-0.1, -0.05) is 13.3 Å². The van der Waals surface area contributed by atoms with Crippen molar-refractivity contribution in [1.82, 2.24) is 14.5 Å². The van der Waals surface area contributed by atoms with Crippen molar-refractivity contribution < 1.29 is 4.74 Å². The second kappa shape index (κ2) is 7.64. The molecule has 20 heavy (non-hydrogen) atoms. The summed E-state index contributed by atoms with van der Waals surface area (Å²) in [6.07, 6.45) is 4.54. The molecule has 0 amide bonds. The summed E-state index contributed by atoms with van der Waals surface area (Å²) in [5, 5.41) is 3.46. The summed E-state index contributed by atoms with van der Waals surface area (Å²) in [6, 6.07) is 0.429. The van der Waals surface area contributed by atoms with E-state index in [1.807, 2.05) is 0 Å². The van der Waals surface area contributed by atoms with Crippen LogP contribution in [-0.2, 0) is 4.74 Å². The molecule has 0 saturated carbocycles. The fourth-order valence-corrected chi connectivity index (χ4v) is 2.61. The fourth-order valence-electron chi connectivity index (χ4n) is 2.61. The molecule has 1 atom stereocenters. The predicted octanol–water partition coefficient (Wildman–Crippen LogP) is 2.30. The third-order valence-electron chi connectivity index (χ3n) is 3.77. The van der Waals surface area contributed by atoms with Gasteiger partial charge in [0, 0.05) is 38.4 Å². The van der Waals surface area contributed by atoms with Gasteiger partial charge in [0.1, 0.15) is 0 Å². The molecule has 5 nitrogen and oxygen atoms in total. The Labute approximate surface area is 122 Å². The van der Waals surface area contributed by atoms with Crippen LogP contribution in [0.1, 0.15) is 38.4 Å². The molecule has 1 aromatic rings. The number of hydrogen-bond donors (Lipinski definition) is 1. The molecular formula is C15H28N4O. The van der Waals surface area contributed by atoms with Crippen LogP contribution < -0.4 is 5.32 Å². The highest BCUT2D eigenvalue weighted by atomic mass is 16.5. The molecule has 1 N–H and O–H groups in total. The van der Waals surface area contributed by atoms with Crippen molar-refractivity contribution in [2.75, 3.05) is 44.7 Å². The topological polar surface area (TPSA) is 42.3 Å². The van der Waals surface area contributed by atoms with Gasteiger partial charge < -0.3 is 14.6 Å². The molecule has 0 aliphatic carbocycles. The first kappa shape index (κ1) is 15.3.